The molecule has 26 heavy (non-hydrogen) atoms. The van der Waals surface area contributed by atoms with Crippen LogP contribution in [0, 0.1) is 17.3 Å². The van der Waals surface area contributed by atoms with Gasteiger partial charge in [0.25, 0.3) is 0 Å². The Hall–Kier alpha value is -2.33. The molecule has 0 saturated heterocycles. The van der Waals surface area contributed by atoms with Gasteiger partial charge in [-0.15, -0.1) is 6.58 Å². The summed E-state index contributed by atoms with van der Waals surface area (Å²) < 4.78 is 0.906. The van der Waals surface area contributed by atoms with Crippen LogP contribution in [0.15, 0.2) is 65.7 Å². The van der Waals surface area contributed by atoms with Crippen molar-refractivity contribution in [2.75, 3.05) is 0 Å². The number of benzene rings is 2. The van der Waals surface area contributed by atoms with Crippen molar-refractivity contribution in [1.29, 1.82) is 0 Å². The van der Waals surface area contributed by atoms with Crippen molar-refractivity contribution >= 4 is 33.8 Å². The highest BCUT2D eigenvalue weighted by molar-refractivity contribution is 9.10. The quantitative estimate of drug-likeness (QED) is 0.422. The van der Waals surface area contributed by atoms with Gasteiger partial charge in [0.05, 0.1) is 0 Å². The minimum absolute atomic E-state index is 0.165. The fraction of sp³-hybridized carbons (Fsp3) is 0.227. The van der Waals surface area contributed by atoms with Gasteiger partial charge in [0.15, 0.2) is 11.6 Å². The van der Waals surface area contributed by atoms with E-state index in [2.05, 4.69) is 22.5 Å². The Morgan fingerprint density at radius 2 is 1.58 bits per heavy atom. The molecule has 130 valence electrons. The van der Waals surface area contributed by atoms with Gasteiger partial charge in [-0.2, -0.15) is 0 Å². The largest absolute Gasteiger partial charge is 0.303 e. The third kappa shape index (κ3) is 2.15. The standard InChI is InChI=1S/C22H17BrO3/c1-2-13-11-22(20(25)16-5-3-4-6-17(16)21(22)26)19(18(13)12-24)14-7-9-15(23)10-8-14/h2-10,12-13,18-19H,1,11H2/t13-,18-,19+/m0/s1. The summed E-state index contributed by atoms with van der Waals surface area (Å²) >= 11 is 3.41. The molecule has 2 aliphatic rings. The molecule has 2 aliphatic carbocycles. The predicted molar refractivity (Wildman–Crippen MR) is 102 cm³/mol. The summed E-state index contributed by atoms with van der Waals surface area (Å²) in [6, 6.07) is 14.5. The lowest BCUT2D eigenvalue weighted by molar-refractivity contribution is -0.112. The molecular weight excluding hydrogens is 392 g/mol. The molecule has 0 N–H and O–H groups in total. The van der Waals surface area contributed by atoms with E-state index in [0.717, 1.165) is 16.3 Å². The number of aldehydes is 1. The minimum Gasteiger partial charge on any atom is -0.303 e. The first-order valence-corrected chi connectivity index (χ1v) is 9.36. The smallest absolute Gasteiger partial charge is 0.178 e. The predicted octanol–water partition coefficient (Wildman–Crippen LogP) is 4.62. The molecule has 0 radical (unpaired) electrons. The van der Waals surface area contributed by atoms with E-state index in [9.17, 15) is 14.4 Å². The fourth-order valence-corrected chi connectivity index (χ4v) is 5.00. The van der Waals surface area contributed by atoms with Gasteiger partial charge in [-0.25, -0.2) is 0 Å². The molecule has 2 aromatic rings. The van der Waals surface area contributed by atoms with Crippen molar-refractivity contribution in [3.8, 4) is 0 Å². The lowest BCUT2D eigenvalue weighted by Crippen LogP contribution is -2.37. The summed E-state index contributed by atoms with van der Waals surface area (Å²) in [4.78, 5) is 38.8. The van der Waals surface area contributed by atoms with E-state index in [4.69, 9.17) is 0 Å². The van der Waals surface area contributed by atoms with E-state index >= 15 is 0 Å². The normalized spacial score (nSPS) is 26.1. The number of fused-ring (bicyclic) bond motifs is 1. The number of carbonyl (C=O) groups excluding carboxylic acids is 3. The Balaban J connectivity index is 1.95. The lowest BCUT2D eigenvalue weighted by Gasteiger charge is -2.30. The third-order valence-corrected chi connectivity index (χ3v) is 6.41. The van der Waals surface area contributed by atoms with E-state index < -0.39 is 17.3 Å². The molecule has 2 aromatic carbocycles. The minimum atomic E-state index is -1.22. The first kappa shape index (κ1) is 17.1. The van der Waals surface area contributed by atoms with Crippen LogP contribution in [0.5, 0.6) is 0 Å². The maximum absolute atomic E-state index is 13.4. The topological polar surface area (TPSA) is 51.2 Å². The van der Waals surface area contributed by atoms with Crippen LogP contribution in [0.1, 0.15) is 38.6 Å². The second kappa shape index (κ2) is 6.13. The van der Waals surface area contributed by atoms with E-state index in [1.807, 2.05) is 24.3 Å². The molecule has 1 fully saturated rings. The van der Waals surface area contributed by atoms with Crippen molar-refractivity contribution in [2.24, 2.45) is 17.3 Å². The Morgan fingerprint density at radius 3 is 2.08 bits per heavy atom. The first-order chi connectivity index (χ1) is 12.5. The zero-order valence-corrected chi connectivity index (χ0v) is 15.6. The average molecular weight is 409 g/mol. The molecule has 1 saturated carbocycles. The Labute approximate surface area is 160 Å². The summed E-state index contributed by atoms with van der Waals surface area (Å²) in [6.45, 7) is 3.85. The fourth-order valence-electron chi connectivity index (χ4n) is 4.74. The molecule has 0 amide bonds. The second-order valence-electron chi connectivity index (χ2n) is 7.02. The Bertz CT molecular complexity index is 894. The van der Waals surface area contributed by atoms with Crippen molar-refractivity contribution in [3.05, 3.63) is 82.3 Å². The van der Waals surface area contributed by atoms with Gasteiger partial charge in [0.1, 0.15) is 11.7 Å². The summed E-state index contributed by atoms with van der Waals surface area (Å²) in [5.74, 6) is -1.47. The lowest BCUT2D eigenvalue weighted by atomic mass is 9.68. The van der Waals surface area contributed by atoms with Crippen LogP contribution >= 0.6 is 15.9 Å². The van der Waals surface area contributed by atoms with Gasteiger partial charge in [-0.1, -0.05) is 58.4 Å². The molecule has 4 rings (SSSR count). The zero-order valence-electron chi connectivity index (χ0n) is 14.0. The number of carbonyl (C=O) groups is 3. The molecule has 0 bridgehead atoms. The molecule has 3 atom stereocenters. The third-order valence-electron chi connectivity index (χ3n) is 5.88. The number of hydrogen-bond donors (Lipinski definition) is 0. The molecule has 0 unspecified atom stereocenters. The van der Waals surface area contributed by atoms with Gasteiger partial charge >= 0.3 is 0 Å². The summed E-state index contributed by atoms with van der Waals surface area (Å²) in [5.41, 5.74) is 0.550. The number of Topliss-reactive ketones (excluding diaryl/α,β-unsaturated/α-hetero) is 2. The van der Waals surface area contributed by atoms with Crippen LogP contribution in [0.4, 0.5) is 0 Å². The van der Waals surface area contributed by atoms with Crippen LogP contribution in [0.25, 0.3) is 0 Å². The number of allylic oxidation sites excluding steroid dienone is 1. The highest BCUT2D eigenvalue weighted by atomic mass is 79.9. The molecular formula is C22H17BrO3. The average Bonchev–Trinajstić information content (AvgIpc) is 3.12. The zero-order chi connectivity index (χ0) is 18.5. The molecule has 1 spiro atoms. The van der Waals surface area contributed by atoms with E-state index in [-0.39, 0.29) is 17.5 Å². The Kier molecular flexibility index (Phi) is 4.03. The van der Waals surface area contributed by atoms with Gasteiger partial charge < -0.3 is 4.79 Å². The van der Waals surface area contributed by atoms with Crippen molar-refractivity contribution < 1.29 is 14.4 Å². The molecule has 3 nitrogen and oxygen atoms in total. The highest BCUT2D eigenvalue weighted by Gasteiger charge is 2.64. The van der Waals surface area contributed by atoms with Gasteiger partial charge in [0, 0.05) is 27.4 Å². The van der Waals surface area contributed by atoms with Crippen LogP contribution in [-0.4, -0.2) is 17.9 Å². The van der Waals surface area contributed by atoms with Crippen molar-refractivity contribution in [3.63, 3.8) is 0 Å². The van der Waals surface area contributed by atoms with Crippen LogP contribution in [0.3, 0.4) is 0 Å². The second-order valence-corrected chi connectivity index (χ2v) is 7.94. The van der Waals surface area contributed by atoms with Crippen molar-refractivity contribution in [1.82, 2.24) is 0 Å². The van der Waals surface area contributed by atoms with Gasteiger partial charge in [-0.3, -0.25) is 9.59 Å². The monoisotopic (exact) mass is 408 g/mol. The summed E-state index contributed by atoms with van der Waals surface area (Å²) in [7, 11) is 0. The summed E-state index contributed by atoms with van der Waals surface area (Å²) in [5, 5.41) is 0. The number of rotatable bonds is 3. The van der Waals surface area contributed by atoms with Crippen LogP contribution in [0.2, 0.25) is 0 Å². The van der Waals surface area contributed by atoms with Crippen LogP contribution in [-0.2, 0) is 4.79 Å². The van der Waals surface area contributed by atoms with E-state index in [1.54, 1.807) is 30.3 Å². The molecule has 4 heteroatoms. The van der Waals surface area contributed by atoms with Gasteiger partial charge in [0.2, 0.25) is 0 Å². The highest BCUT2D eigenvalue weighted by Crippen LogP contribution is 2.60. The van der Waals surface area contributed by atoms with E-state index in [1.165, 1.54) is 0 Å². The summed E-state index contributed by atoms with van der Waals surface area (Å²) in [6.07, 6.45) is 2.92. The molecule has 0 aromatic heterocycles. The number of hydrogen-bond acceptors (Lipinski definition) is 3. The Morgan fingerprint density at radius 1 is 1.00 bits per heavy atom. The maximum atomic E-state index is 13.4. The number of halogens is 1. The van der Waals surface area contributed by atoms with E-state index in [0.29, 0.717) is 17.5 Å². The number of ketones is 2. The first-order valence-electron chi connectivity index (χ1n) is 8.56. The van der Waals surface area contributed by atoms with Crippen molar-refractivity contribution in [2.45, 2.75) is 12.3 Å². The maximum Gasteiger partial charge on any atom is 0.178 e. The van der Waals surface area contributed by atoms with Crippen LogP contribution < -0.4 is 0 Å². The SMILES string of the molecule is C=C[C@H]1CC2(C(=O)c3ccccc3C2=O)[C@H](c2ccc(Br)cc2)[C@H]1C=O. The molecule has 0 heterocycles. The molecule has 0 aliphatic heterocycles. The van der Waals surface area contributed by atoms with Gasteiger partial charge in [-0.05, 0) is 30.0 Å².